The normalized spacial score (nSPS) is 18.7. The summed E-state index contributed by atoms with van der Waals surface area (Å²) in [4.78, 5) is 14.9. The summed E-state index contributed by atoms with van der Waals surface area (Å²) in [5, 5.41) is 8.87. The van der Waals surface area contributed by atoms with Crippen molar-refractivity contribution in [1.29, 1.82) is 0 Å². The summed E-state index contributed by atoms with van der Waals surface area (Å²) in [5.74, 6) is 0.624. The van der Waals surface area contributed by atoms with E-state index in [0.29, 0.717) is 25.7 Å². The van der Waals surface area contributed by atoms with Gasteiger partial charge in [-0.15, -0.1) is 0 Å². The van der Waals surface area contributed by atoms with E-state index in [2.05, 4.69) is 24.8 Å². The van der Waals surface area contributed by atoms with Gasteiger partial charge >= 0.3 is 5.97 Å². The molecule has 0 aliphatic carbocycles. The number of ether oxygens (including phenoxy) is 2. The number of benzene rings is 1. The molecule has 1 N–H and O–H groups in total. The van der Waals surface area contributed by atoms with Gasteiger partial charge in [0.1, 0.15) is 5.75 Å². The molecule has 1 aliphatic rings. The predicted octanol–water partition coefficient (Wildman–Crippen LogP) is 1.94. The summed E-state index contributed by atoms with van der Waals surface area (Å²) in [6, 6.07) is 8.17. The second kappa shape index (κ2) is 9.75. The molecule has 0 amide bonds. The molecule has 0 bridgehead atoms. The lowest BCUT2D eigenvalue weighted by Crippen LogP contribution is -2.47. The van der Waals surface area contributed by atoms with Crippen molar-refractivity contribution in [2.75, 3.05) is 46.4 Å². The molecule has 1 fully saturated rings. The van der Waals surface area contributed by atoms with Gasteiger partial charge < -0.3 is 14.6 Å². The first-order valence-electron chi connectivity index (χ1n) is 8.89. The SMILES string of the molecule is CC(C)COc1ccccc1CN1CCOC(CN(C)CC(=O)O)C1. The summed E-state index contributed by atoms with van der Waals surface area (Å²) in [6.07, 6.45) is 0.0295. The first-order chi connectivity index (χ1) is 11.9. The van der Waals surface area contributed by atoms with E-state index in [1.54, 1.807) is 4.90 Å². The van der Waals surface area contributed by atoms with Gasteiger partial charge in [0.05, 0.1) is 25.9 Å². The van der Waals surface area contributed by atoms with Crippen LogP contribution in [-0.4, -0.2) is 73.4 Å². The Morgan fingerprint density at radius 1 is 1.44 bits per heavy atom. The fraction of sp³-hybridized carbons (Fsp3) is 0.632. The largest absolute Gasteiger partial charge is 0.493 e. The molecule has 0 saturated carbocycles. The van der Waals surface area contributed by atoms with Crippen LogP contribution < -0.4 is 4.74 Å². The highest BCUT2D eigenvalue weighted by atomic mass is 16.5. The quantitative estimate of drug-likeness (QED) is 0.734. The average Bonchev–Trinajstić information content (AvgIpc) is 2.53. The van der Waals surface area contributed by atoms with Gasteiger partial charge in [-0.2, -0.15) is 0 Å². The molecule has 1 saturated heterocycles. The molecule has 6 nitrogen and oxygen atoms in total. The molecular weight excluding hydrogens is 320 g/mol. The second-order valence-corrected chi connectivity index (χ2v) is 7.13. The van der Waals surface area contributed by atoms with Crippen molar-refractivity contribution >= 4 is 5.97 Å². The Bertz CT molecular complexity index is 550. The Balaban J connectivity index is 1.90. The smallest absolute Gasteiger partial charge is 0.317 e. The molecule has 1 aromatic rings. The third kappa shape index (κ3) is 7.02. The molecular formula is C19H30N2O4. The summed E-state index contributed by atoms with van der Waals surface area (Å²) < 4.78 is 11.7. The van der Waals surface area contributed by atoms with Crippen molar-refractivity contribution in [1.82, 2.24) is 9.80 Å². The minimum atomic E-state index is -0.814. The Morgan fingerprint density at radius 3 is 2.92 bits per heavy atom. The van der Waals surface area contributed by atoms with Gasteiger partial charge in [0, 0.05) is 31.7 Å². The van der Waals surface area contributed by atoms with Crippen LogP contribution in [0.1, 0.15) is 19.4 Å². The monoisotopic (exact) mass is 350 g/mol. The number of morpholine rings is 1. The first kappa shape index (κ1) is 19.7. The van der Waals surface area contributed by atoms with Crippen LogP contribution in [0.25, 0.3) is 0 Å². The summed E-state index contributed by atoms with van der Waals surface area (Å²) in [6.45, 7) is 8.80. The Hall–Kier alpha value is -1.63. The van der Waals surface area contributed by atoms with Crippen molar-refractivity contribution in [3.8, 4) is 5.75 Å². The lowest BCUT2D eigenvalue weighted by Gasteiger charge is -2.34. The standard InChI is InChI=1S/C19H30N2O4/c1-15(2)14-25-18-7-5-4-6-16(18)10-21-8-9-24-17(12-21)11-20(3)13-19(22)23/h4-7,15,17H,8-14H2,1-3H3,(H,22,23). The Labute approximate surface area is 150 Å². The van der Waals surface area contributed by atoms with E-state index in [9.17, 15) is 4.79 Å². The molecule has 1 aromatic carbocycles. The Kier molecular flexibility index (Phi) is 7.68. The van der Waals surface area contributed by atoms with Crippen LogP contribution in [0.3, 0.4) is 0 Å². The number of nitrogens with zero attached hydrogens (tertiary/aromatic N) is 2. The van der Waals surface area contributed by atoms with Gasteiger partial charge in [-0.25, -0.2) is 0 Å². The van der Waals surface area contributed by atoms with E-state index < -0.39 is 5.97 Å². The van der Waals surface area contributed by atoms with Crippen molar-refractivity contribution in [3.63, 3.8) is 0 Å². The third-order valence-corrected chi connectivity index (χ3v) is 4.08. The fourth-order valence-electron chi connectivity index (χ4n) is 2.95. The van der Waals surface area contributed by atoms with Gasteiger partial charge in [0.15, 0.2) is 0 Å². The zero-order chi connectivity index (χ0) is 18.2. The number of para-hydroxylation sites is 1. The lowest BCUT2D eigenvalue weighted by molar-refractivity contribution is -0.138. The maximum Gasteiger partial charge on any atom is 0.317 e. The number of carboxylic acids is 1. The Morgan fingerprint density at radius 2 is 2.20 bits per heavy atom. The van der Waals surface area contributed by atoms with E-state index in [4.69, 9.17) is 14.6 Å². The molecule has 6 heteroatoms. The van der Waals surface area contributed by atoms with E-state index in [0.717, 1.165) is 25.4 Å². The minimum absolute atomic E-state index is 0.0295. The highest BCUT2D eigenvalue weighted by Gasteiger charge is 2.23. The molecule has 2 rings (SSSR count). The van der Waals surface area contributed by atoms with Crippen LogP contribution in [0.4, 0.5) is 0 Å². The van der Waals surface area contributed by atoms with E-state index >= 15 is 0 Å². The number of likely N-dealkylation sites (N-methyl/N-ethyl adjacent to an activating group) is 1. The summed E-state index contributed by atoms with van der Waals surface area (Å²) in [7, 11) is 1.81. The van der Waals surface area contributed by atoms with Gasteiger partial charge in [0.25, 0.3) is 0 Å². The van der Waals surface area contributed by atoms with Crippen molar-refractivity contribution < 1.29 is 19.4 Å². The molecule has 25 heavy (non-hydrogen) atoms. The lowest BCUT2D eigenvalue weighted by atomic mass is 10.1. The molecule has 140 valence electrons. The predicted molar refractivity (Wildman–Crippen MR) is 96.9 cm³/mol. The highest BCUT2D eigenvalue weighted by molar-refractivity contribution is 5.69. The van der Waals surface area contributed by atoms with Gasteiger partial charge in [-0.1, -0.05) is 32.0 Å². The van der Waals surface area contributed by atoms with Gasteiger partial charge in [-0.05, 0) is 19.0 Å². The number of aliphatic carboxylic acids is 1. The van der Waals surface area contributed by atoms with Crippen LogP contribution in [0.15, 0.2) is 24.3 Å². The topological polar surface area (TPSA) is 62.2 Å². The number of carbonyl (C=O) groups is 1. The zero-order valence-corrected chi connectivity index (χ0v) is 15.5. The van der Waals surface area contributed by atoms with Crippen LogP contribution >= 0.6 is 0 Å². The van der Waals surface area contributed by atoms with E-state index in [-0.39, 0.29) is 12.6 Å². The van der Waals surface area contributed by atoms with Gasteiger partial charge in [-0.3, -0.25) is 14.6 Å². The molecule has 1 aliphatic heterocycles. The average molecular weight is 350 g/mol. The van der Waals surface area contributed by atoms with Crippen molar-refractivity contribution in [3.05, 3.63) is 29.8 Å². The van der Waals surface area contributed by atoms with Crippen LogP contribution in [0.5, 0.6) is 5.75 Å². The molecule has 1 heterocycles. The molecule has 0 aromatic heterocycles. The second-order valence-electron chi connectivity index (χ2n) is 7.13. The molecule has 1 atom stereocenters. The van der Waals surface area contributed by atoms with Crippen molar-refractivity contribution in [2.45, 2.75) is 26.5 Å². The fourth-order valence-corrected chi connectivity index (χ4v) is 2.95. The van der Waals surface area contributed by atoms with Crippen molar-refractivity contribution in [2.24, 2.45) is 5.92 Å². The first-order valence-corrected chi connectivity index (χ1v) is 8.89. The third-order valence-electron chi connectivity index (χ3n) is 4.08. The molecule has 0 spiro atoms. The van der Waals surface area contributed by atoms with Crippen LogP contribution in [0.2, 0.25) is 0 Å². The number of carboxylic acid groups (broad SMARTS) is 1. The minimum Gasteiger partial charge on any atom is -0.493 e. The summed E-state index contributed by atoms with van der Waals surface area (Å²) >= 11 is 0. The van der Waals surface area contributed by atoms with Crippen LogP contribution in [-0.2, 0) is 16.1 Å². The highest BCUT2D eigenvalue weighted by Crippen LogP contribution is 2.21. The summed E-state index contributed by atoms with van der Waals surface area (Å²) in [5.41, 5.74) is 1.18. The maximum absolute atomic E-state index is 10.8. The van der Waals surface area contributed by atoms with Gasteiger partial charge in [0.2, 0.25) is 0 Å². The number of rotatable bonds is 9. The van der Waals surface area contributed by atoms with E-state index in [1.807, 2.05) is 25.2 Å². The van der Waals surface area contributed by atoms with Crippen LogP contribution in [0, 0.1) is 5.92 Å². The van der Waals surface area contributed by atoms with E-state index in [1.165, 1.54) is 5.56 Å². The number of hydrogen-bond donors (Lipinski definition) is 1. The zero-order valence-electron chi connectivity index (χ0n) is 15.5. The molecule has 0 radical (unpaired) electrons. The molecule has 1 unspecified atom stereocenters. The number of hydrogen-bond acceptors (Lipinski definition) is 5. The maximum atomic E-state index is 10.8.